The number of phenols is 1. The summed E-state index contributed by atoms with van der Waals surface area (Å²) in [6, 6.07) is 9.69. The van der Waals surface area contributed by atoms with Crippen LogP contribution in [0.3, 0.4) is 0 Å². The van der Waals surface area contributed by atoms with Gasteiger partial charge in [0.15, 0.2) is 0 Å². The standard InChI is InChI=1S/C12H11BrO4.C11H9BrO4.2CH4/c1-2-16-12(15)10-5-8-3-7(6-14)4-9(13)11(8)17-10;1-2-15-11(14)9-4-6-3-7(13)5-8(12)10(6)16-9;;/h3-5,14H,2,6H2,1H3;3-5,13H,2H2,1H3;2*1H4. The Morgan fingerprint density at radius 3 is 1.71 bits per heavy atom. The zero-order valence-electron chi connectivity index (χ0n) is 17.7. The van der Waals surface area contributed by atoms with Crippen molar-refractivity contribution in [2.45, 2.75) is 35.3 Å². The molecular weight excluding hydrogens is 588 g/mol. The maximum Gasteiger partial charge on any atom is 0.374 e. The lowest BCUT2D eigenvalue weighted by atomic mass is 10.2. The Labute approximate surface area is 220 Å². The number of furan rings is 2. The van der Waals surface area contributed by atoms with Crippen LogP contribution in [0.4, 0.5) is 0 Å². The SMILES string of the molecule is C.C.CCOC(=O)c1cc2cc(CO)cc(Br)c2o1.CCOC(=O)c1cc2cc(O)cc(Br)c2o1. The number of aromatic hydroxyl groups is 1. The third kappa shape index (κ3) is 7.09. The first-order chi connectivity index (χ1) is 15.8. The molecule has 0 saturated heterocycles. The normalized spacial score (nSPS) is 10.1. The van der Waals surface area contributed by atoms with E-state index in [0.717, 1.165) is 10.9 Å². The van der Waals surface area contributed by atoms with Crippen molar-refractivity contribution in [1.82, 2.24) is 0 Å². The highest BCUT2D eigenvalue weighted by molar-refractivity contribution is 9.11. The van der Waals surface area contributed by atoms with Gasteiger partial charge in [-0.1, -0.05) is 14.9 Å². The van der Waals surface area contributed by atoms with Crippen LogP contribution in [0.1, 0.15) is 55.4 Å². The number of aliphatic hydroxyl groups excluding tert-OH is 1. The summed E-state index contributed by atoms with van der Waals surface area (Å²) in [5.74, 6) is -0.595. The summed E-state index contributed by atoms with van der Waals surface area (Å²) in [5.41, 5.74) is 1.84. The molecule has 0 fully saturated rings. The monoisotopic (exact) mass is 614 g/mol. The predicted molar refractivity (Wildman–Crippen MR) is 141 cm³/mol. The summed E-state index contributed by atoms with van der Waals surface area (Å²) in [6.45, 7) is 4.00. The van der Waals surface area contributed by atoms with Gasteiger partial charge < -0.3 is 28.5 Å². The molecule has 2 aromatic carbocycles. The average molecular weight is 616 g/mol. The highest BCUT2D eigenvalue weighted by Crippen LogP contribution is 2.32. The Hall–Kier alpha value is -2.82. The molecule has 0 atom stereocenters. The molecule has 0 spiro atoms. The van der Waals surface area contributed by atoms with Gasteiger partial charge in [0.1, 0.15) is 16.9 Å². The van der Waals surface area contributed by atoms with Crippen LogP contribution in [-0.4, -0.2) is 35.4 Å². The summed E-state index contributed by atoms with van der Waals surface area (Å²) in [5, 5.41) is 19.9. The molecule has 0 bridgehead atoms. The van der Waals surface area contributed by atoms with Gasteiger partial charge in [-0.3, -0.25) is 0 Å². The number of carbonyl (C=O) groups excluding carboxylic acids is 2. The van der Waals surface area contributed by atoms with Crippen molar-refractivity contribution in [3.05, 3.63) is 62.4 Å². The van der Waals surface area contributed by atoms with Crippen LogP contribution in [0, 0.1) is 0 Å². The van der Waals surface area contributed by atoms with E-state index in [4.69, 9.17) is 23.4 Å². The number of carbonyl (C=O) groups is 2. The minimum absolute atomic E-state index is 0. The van der Waals surface area contributed by atoms with Gasteiger partial charge in [-0.15, -0.1) is 0 Å². The van der Waals surface area contributed by atoms with E-state index >= 15 is 0 Å². The number of esters is 2. The molecule has 0 saturated carbocycles. The average Bonchev–Trinajstić information content (AvgIpc) is 3.39. The third-order valence-electron chi connectivity index (χ3n) is 4.32. The lowest BCUT2D eigenvalue weighted by Crippen LogP contribution is -2.02. The molecule has 2 aromatic heterocycles. The molecule has 0 aliphatic rings. The van der Waals surface area contributed by atoms with Gasteiger partial charge in [-0.2, -0.15) is 0 Å². The minimum Gasteiger partial charge on any atom is -0.508 e. The smallest absolute Gasteiger partial charge is 0.374 e. The predicted octanol–water partition coefficient (Wildman–Crippen LogP) is 7.21. The second kappa shape index (κ2) is 13.3. The first kappa shape index (κ1) is 30.2. The van der Waals surface area contributed by atoms with Crippen molar-refractivity contribution < 1.29 is 38.1 Å². The quantitative estimate of drug-likeness (QED) is 0.226. The molecule has 0 aliphatic carbocycles. The molecule has 0 aliphatic heterocycles. The van der Waals surface area contributed by atoms with Crippen LogP contribution in [0.15, 0.2) is 54.2 Å². The fraction of sp³-hybridized carbons (Fsp3) is 0.280. The van der Waals surface area contributed by atoms with Crippen molar-refractivity contribution in [3.63, 3.8) is 0 Å². The molecule has 2 heterocycles. The fourth-order valence-electron chi connectivity index (χ4n) is 2.96. The molecule has 10 heteroatoms. The number of ether oxygens (including phenoxy) is 2. The maximum absolute atomic E-state index is 11.5. The van der Waals surface area contributed by atoms with E-state index in [1.807, 2.05) is 0 Å². The molecular formula is C25H28Br2O8. The van der Waals surface area contributed by atoms with Crippen molar-refractivity contribution in [2.24, 2.45) is 0 Å². The molecule has 4 rings (SSSR count). The number of halogens is 2. The van der Waals surface area contributed by atoms with Crippen LogP contribution in [0.2, 0.25) is 0 Å². The van der Waals surface area contributed by atoms with E-state index in [9.17, 15) is 14.7 Å². The second-order valence-electron chi connectivity index (χ2n) is 6.66. The summed E-state index contributed by atoms with van der Waals surface area (Å²) in [6.07, 6.45) is 0. The summed E-state index contributed by atoms with van der Waals surface area (Å²) in [7, 11) is 0. The van der Waals surface area contributed by atoms with Crippen LogP contribution in [0.25, 0.3) is 21.9 Å². The fourth-order valence-corrected chi connectivity index (χ4v) is 4.11. The van der Waals surface area contributed by atoms with Crippen molar-refractivity contribution in [1.29, 1.82) is 0 Å². The molecule has 190 valence electrons. The van der Waals surface area contributed by atoms with E-state index in [1.54, 1.807) is 32.0 Å². The number of hydrogen-bond acceptors (Lipinski definition) is 8. The van der Waals surface area contributed by atoms with Crippen LogP contribution < -0.4 is 0 Å². The summed E-state index contributed by atoms with van der Waals surface area (Å²) < 4.78 is 21.7. The Balaban J connectivity index is 0.000000332. The van der Waals surface area contributed by atoms with Gasteiger partial charge in [0.2, 0.25) is 11.5 Å². The highest BCUT2D eigenvalue weighted by Gasteiger charge is 2.16. The molecule has 2 N–H and O–H groups in total. The van der Waals surface area contributed by atoms with Crippen molar-refractivity contribution >= 4 is 65.7 Å². The van der Waals surface area contributed by atoms with Gasteiger partial charge in [-0.05, 0) is 87.7 Å². The van der Waals surface area contributed by atoms with Crippen LogP contribution >= 0.6 is 31.9 Å². The number of phenolic OH excluding ortho intramolecular Hbond substituents is 1. The van der Waals surface area contributed by atoms with Crippen molar-refractivity contribution in [2.75, 3.05) is 13.2 Å². The minimum atomic E-state index is -0.509. The Morgan fingerprint density at radius 1 is 0.800 bits per heavy atom. The zero-order chi connectivity index (χ0) is 24.1. The largest absolute Gasteiger partial charge is 0.508 e. The molecule has 0 unspecified atom stereocenters. The van der Waals surface area contributed by atoms with E-state index < -0.39 is 11.9 Å². The number of rotatable bonds is 5. The van der Waals surface area contributed by atoms with Crippen LogP contribution in [0.5, 0.6) is 5.75 Å². The van der Waals surface area contributed by atoms with E-state index in [-0.39, 0.29) is 38.7 Å². The van der Waals surface area contributed by atoms with Crippen molar-refractivity contribution in [3.8, 4) is 5.75 Å². The van der Waals surface area contributed by atoms with Gasteiger partial charge in [-0.25, -0.2) is 9.59 Å². The topological polar surface area (TPSA) is 119 Å². The molecule has 4 aromatic rings. The first-order valence-electron chi connectivity index (χ1n) is 9.86. The zero-order valence-corrected chi connectivity index (χ0v) is 20.9. The molecule has 35 heavy (non-hydrogen) atoms. The van der Waals surface area contributed by atoms with E-state index in [2.05, 4.69) is 31.9 Å². The number of fused-ring (bicyclic) bond motifs is 2. The molecule has 0 amide bonds. The molecule has 8 nitrogen and oxygen atoms in total. The lowest BCUT2D eigenvalue weighted by Gasteiger charge is -1.98. The Bertz CT molecular complexity index is 1310. The van der Waals surface area contributed by atoms with Gasteiger partial charge in [0.05, 0.1) is 28.8 Å². The number of hydrogen-bond donors (Lipinski definition) is 2. The Kier molecular flexibility index (Phi) is 11.5. The van der Waals surface area contributed by atoms with E-state index in [1.165, 1.54) is 18.2 Å². The lowest BCUT2D eigenvalue weighted by molar-refractivity contribution is 0.0484. The second-order valence-corrected chi connectivity index (χ2v) is 8.37. The third-order valence-corrected chi connectivity index (χ3v) is 5.50. The van der Waals surface area contributed by atoms with Gasteiger partial charge in [0.25, 0.3) is 0 Å². The highest BCUT2D eigenvalue weighted by atomic mass is 79.9. The molecule has 0 radical (unpaired) electrons. The van der Waals surface area contributed by atoms with Gasteiger partial charge in [0, 0.05) is 10.8 Å². The first-order valence-corrected chi connectivity index (χ1v) is 11.4. The maximum atomic E-state index is 11.5. The number of benzene rings is 2. The van der Waals surface area contributed by atoms with Crippen LogP contribution in [-0.2, 0) is 16.1 Å². The Morgan fingerprint density at radius 2 is 1.26 bits per heavy atom. The summed E-state index contributed by atoms with van der Waals surface area (Å²) in [4.78, 5) is 22.9. The van der Waals surface area contributed by atoms with Gasteiger partial charge >= 0.3 is 11.9 Å². The summed E-state index contributed by atoms with van der Waals surface area (Å²) >= 11 is 6.58. The van der Waals surface area contributed by atoms with E-state index in [0.29, 0.717) is 38.7 Å². The number of aliphatic hydroxyl groups is 1.